The summed E-state index contributed by atoms with van der Waals surface area (Å²) in [5, 5.41) is 8.57. The van der Waals surface area contributed by atoms with Crippen LogP contribution in [0, 0.1) is 13.8 Å². The van der Waals surface area contributed by atoms with Crippen molar-refractivity contribution in [2.24, 2.45) is 5.73 Å². The maximum atomic E-state index is 6.36. The Hall–Kier alpha value is -1.69. The van der Waals surface area contributed by atoms with Crippen molar-refractivity contribution in [2.75, 3.05) is 0 Å². The number of nitrogens with two attached hydrogens (primary N) is 1. The number of aromatic nitrogens is 4. The van der Waals surface area contributed by atoms with E-state index in [1.807, 2.05) is 31.5 Å². The molecular weight excluding hydrogens is 254 g/mol. The van der Waals surface area contributed by atoms with Gasteiger partial charge in [-0.1, -0.05) is 18.0 Å². The van der Waals surface area contributed by atoms with Gasteiger partial charge in [-0.05, 0) is 39.7 Å². The predicted molar refractivity (Wildman–Crippen MR) is 74.1 cm³/mol. The standard InChI is InChI=1S/C14H21N5O/c1-9-8-10(2)19(17-9)11(3)12-16-13(18-20-12)14(15)6-4-5-7-14/h8,11H,4-7,15H2,1-3H3. The smallest absolute Gasteiger partial charge is 0.251 e. The molecule has 6 nitrogen and oxygen atoms in total. The van der Waals surface area contributed by atoms with E-state index >= 15 is 0 Å². The summed E-state index contributed by atoms with van der Waals surface area (Å²) >= 11 is 0. The third-order valence-corrected chi connectivity index (χ3v) is 4.15. The second kappa shape index (κ2) is 4.70. The van der Waals surface area contributed by atoms with Gasteiger partial charge in [0, 0.05) is 5.69 Å². The van der Waals surface area contributed by atoms with Gasteiger partial charge in [0.05, 0.1) is 11.2 Å². The first-order valence-corrected chi connectivity index (χ1v) is 7.15. The van der Waals surface area contributed by atoms with Crippen LogP contribution in [0.3, 0.4) is 0 Å². The highest BCUT2D eigenvalue weighted by Gasteiger charge is 2.36. The first-order chi connectivity index (χ1) is 9.49. The minimum atomic E-state index is -0.406. The van der Waals surface area contributed by atoms with Crippen molar-refractivity contribution in [3.63, 3.8) is 0 Å². The lowest BCUT2D eigenvalue weighted by atomic mass is 9.99. The van der Waals surface area contributed by atoms with Gasteiger partial charge in [-0.25, -0.2) is 0 Å². The Morgan fingerprint density at radius 2 is 2.05 bits per heavy atom. The van der Waals surface area contributed by atoms with Gasteiger partial charge in [0.25, 0.3) is 5.89 Å². The molecule has 0 saturated heterocycles. The van der Waals surface area contributed by atoms with Gasteiger partial charge in [0.1, 0.15) is 6.04 Å². The molecule has 1 saturated carbocycles. The maximum Gasteiger partial charge on any atom is 0.251 e. The van der Waals surface area contributed by atoms with E-state index in [0.717, 1.165) is 37.1 Å². The van der Waals surface area contributed by atoms with Crippen LogP contribution in [0.15, 0.2) is 10.6 Å². The van der Waals surface area contributed by atoms with Gasteiger partial charge in [-0.3, -0.25) is 4.68 Å². The van der Waals surface area contributed by atoms with Crippen LogP contribution < -0.4 is 5.73 Å². The molecule has 108 valence electrons. The molecule has 0 aliphatic heterocycles. The molecule has 1 fully saturated rings. The van der Waals surface area contributed by atoms with Crippen molar-refractivity contribution in [3.05, 3.63) is 29.2 Å². The number of hydrogen-bond donors (Lipinski definition) is 1. The molecule has 0 spiro atoms. The molecule has 3 rings (SSSR count). The van der Waals surface area contributed by atoms with Gasteiger partial charge >= 0.3 is 0 Å². The van der Waals surface area contributed by atoms with E-state index in [0.29, 0.717) is 11.7 Å². The number of hydrogen-bond acceptors (Lipinski definition) is 5. The first kappa shape index (κ1) is 13.3. The van der Waals surface area contributed by atoms with Crippen LogP contribution in [0.1, 0.15) is 61.8 Å². The van der Waals surface area contributed by atoms with Crippen LogP contribution >= 0.6 is 0 Å². The second-order valence-electron chi connectivity index (χ2n) is 5.87. The van der Waals surface area contributed by atoms with Crippen molar-refractivity contribution in [1.29, 1.82) is 0 Å². The Bertz CT molecular complexity index is 609. The molecule has 0 bridgehead atoms. The van der Waals surface area contributed by atoms with E-state index in [9.17, 15) is 0 Å². The Morgan fingerprint density at radius 3 is 2.65 bits per heavy atom. The fraction of sp³-hybridized carbons (Fsp3) is 0.643. The molecule has 2 aromatic rings. The van der Waals surface area contributed by atoms with Gasteiger partial charge in [0.15, 0.2) is 5.82 Å². The van der Waals surface area contributed by atoms with Crippen LogP contribution in [0.2, 0.25) is 0 Å². The zero-order chi connectivity index (χ0) is 14.3. The summed E-state index contributed by atoms with van der Waals surface area (Å²) < 4.78 is 7.33. The van der Waals surface area contributed by atoms with Gasteiger partial charge in [-0.15, -0.1) is 0 Å². The number of nitrogens with zero attached hydrogens (tertiary/aromatic N) is 4. The molecule has 20 heavy (non-hydrogen) atoms. The highest BCUT2D eigenvalue weighted by atomic mass is 16.5. The van der Waals surface area contributed by atoms with Gasteiger partial charge < -0.3 is 10.3 Å². The van der Waals surface area contributed by atoms with E-state index in [-0.39, 0.29) is 6.04 Å². The fourth-order valence-electron chi connectivity index (χ4n) is 2.98. The zero-order valence-corrected chi connectivity index (χ0v) is 12.3. The van der Waals surface area contributed by atoms with Crippen LogP contribution in [-0.2, 0) is 5.54 Å². The zero-order valence-electron chi connectivity index (χ0n) is 12.3. The van der Waals surface area contributed by atoms with E-state index in [4.69, 9.17) is 10.3 Å². The highest BCUT2D eigenvalue weighted by Crippen LogP contribution is 2.35. The minimum absolute atomic E-state index is 0.0741. The molecule has 0 aromatic carbocycles. The summed E-state index contributed by atoms with van der Waals surface area (Å²) in [4.78, 5) is 4.53. The number of rotatable bonds is 3. The largest absolute Gasteiger partial charge is 0.337 e. The third kappa shape index (κ3) is 2.14. The molecule has 0 amide bonds. The lowest BCUT2D eigenvalue weighted by molar-refractivity contribution is 0.320. The predicted octanol–water partition coefficient (Wildman–Crippen LogP) is 2.22. The molecule has 2 N–H and O–H groups in total. The molecule has 1 aliphatic rings. The van der Waals surface area contributed by atoms with Crippen molar-refractivity contribution >= 4 is 0 Å². The first-order valence-electron chi connectivity index (χ1n) is 7.15. The summed E-state index contributed by atoms with van der Waals surface area (Å²) in [5.74, 6) is 1.21. The molecule has 1 aliphatic carbocycles. The summed E-state index contributed by atoms with van der Waals surface area (Å²) in [6.45, 7) is 6.01. The van der Waals surface area contributed by atoms with Gasteiger partial charge in [0.2, 0.25) is 0 Å². The minimum Gasteiger partial charge on any atom is -0.337 e. The summed E-state index contributed by atoms with van der Waals surface area (Å²) in [5.41, 5.74) is 8.02. The fourth-order valence-corrected chi connectivity index (χ4v) is 2.98. The molecule has 1 atom stereocenters. The molecule has 2 aromatic heterocycles. The molecular formula is C14H21N5O. The highest BCUT2D eigenvalue weighted by molar-refractivity contribution is 5.11. The van der Waals surface area contributed by atoms with E-state index in [1.165, 1.54) is 0 Å². The molecule has 2 heterocycles. The SMILES string of the molecule is Cc1cc(C)n(C(C)c2nc(C3(N)CCCC3)no2)n1. The summed E-state index contributed by atoms with van der Waals surface area (Å²) in [6.07, 6.45) is 4.13. The lowest BCUT2D eigenvalue weighted by Gasteiger charge is -2.17. The summed E-state index contributed by atoms with van der Waals surface area (Å²) in [7, 11) is 0. The van der Waals surface area contributed by atoms with Crippen molar-refractivity contribution < 1.29 is 4.52 Å². The Balaban J connectivity index is 1.88. The van der Waals surface area contributed by atoms with Crippen molar-refractivity contribution in [2.45, 2.75) is 58.0 Å². The molecule has 6 heteroatoms. The summed E-state index contributed by atoms with van der Waals surface area (Å²) in [6, 6.07) is 1.96. The number of aryl methyl sites for hydroxylation is 2. The van der Waals surface area contributed by atoms with Crippen molar-refractivity contribution in [3.8, 4) is 0 Å². The van der Waals surface area contributed by atoms with Crippen LogP contribution in [0.4, 0.5) is 0 Å². The third-order valence-electron chi connectivity index (χ3n) is 4.15. The van der Waals surface area contributed by atoms with Crippen LogP contribution in [-0.4, -0.2) is 19.9 Å². The van der Waals surface area contributed by atoms with Crippen LogP contribution in [0.25, 0.3) is 0 Å². The average Bonchev–Trinajstić information content (AvgIpc) is 3.09. The second-order valence-corrected chi connectivity index (χ2v) is 5.87. The lowest BCUT2D eigenvalue weighted by Crippen LogP contribution is -2.34. The normalized spacial score (nSPS) is 19.4. The Morgan fingerprint density at radius 1 is 1.35 bits per heavy atom. The average molecular weight is 275 g/mol. The van der Waals surface area contributed by atoms with Crippen molar-refractivity contribution in [1.82, 2.24) is 19.9 Å². The Kier molecular flexibility index (Phi) is 3.12. The van der Waals surface area contributed by atoms with E-state index in [2.05, 4.69) is 15.2 Å². The topological polar surface area (TPSA) is 82.8 Å². The monoisotopic (exact) mass is 275 g/mol. The molecule has 0 radical (unpaired) electrons. The van der Waals surface area contributed by atoms with E-state index in [1.54, 1.807) is 0 Å². The molecule has 1 unspecified atom stereocenters. The Labute approximate surface area is 118 Å². The quantitative estimate of drug-likeness (QED) is 0.928. The van der Waals surface area contributed by atoms with Gasteiger partial charge in [-0.2, -0.15) is 10.1 Å². The van der Waals surface area contributed by atoms with E-state index < -0.39 is 5.54 Å². The maximum absolute atomic E-state index is 6.36. The van der Waals surface area contributed by atoms with Crippen LogP contribution in [0.5, 0.6) is 0 Å².